The molecule has 1 N–H and O–H groups in total. The molecule has 0 radical (unpaired) electrons. The SMILES string of the molecule is COC[C@]1(C)NC(=O)N(Cc2cccc(F)c2)C1=O. The Bertz CT molecular complexity index is 520. The number of urea groups is 1. The second-order valence-electron chi connectivity index (χ2n) is 4.72. The number of nitrogens with zero attached hydrogens (tertiary/aromatic N) is 1. The van der Waals surface area contributed by atoms with Crippen LogP contribution in [-0.2, 0) is 16.1 Å². The molecule has 5 nitrogen and oxygen atoms in total. The number of amides is 3. The maximum absolute atomic E-state index is 13.1. The van der Waals surface area contributed by atoms with Gasteiger partial charge in [0.05, 0.1) is 13.2 Å². The van der Waals surface area contributed by atoms with Crippen molar-refractivity contribution in [1.82, 2.24) is 10.2 Å². The molecule has 1 aliphatic rings. The van der Waals surface area contributed by atoms with E-state index in [4.69, 9.17) is 4.74 Å². The summed E-state index contributed by atoms with van der Waals surface area (Å²) in [4.78, 5) is 25.1. The average molecular weight is 266 g/mol. The number of ether oxygens (including phenoxy) is 1. The van der Waals surface area contributed by atoms with E-state index in [1.165, 1.54) is 25.3 Å². The molecule has 0 spiro atoms. The molecule has 1 atom stereocenters. The van der Waals surface area contributed by atoms with E-state index in [1.54, 1.807) is 13.0 Å². The smallest absolute Gasteiger partial charge is 0.325 e. The van der Waals surface area contributed by atoms with Crippen LogP contribution in [0.3, 0.4) is 0 Å². The first-order valence-electron chi connectivity index (χ1n) is 5.84. The quantitative estimate of drug-likeness (QED) is 0.835. The van der Waals surface area contributed by atoms with Gasteiger partial charge in [-0.05, 0) is 24.6 Å². The topological polar surface area (TPSA) is 58.6 Å². The zero-order chi connectivity index (χ0) is 14.0. The maximum Gasteiger partial charge on any atom is 0.325 e. The van der Waals surface area contributed by atoms with Crippen molar-refractivity contribution in [1.29, 1.82) is 0 Å². The van der Waals surface area contributed by atoms with Gasteiger partial charge in [0.15, 0.2) is 0 Å². The predicted octanol–water partition coefficient (Wildman–Crippen LogP) is 1.28. The van der Waals surface area contributed by atoms with Crippen molar-refractivity contribution in [2.45, 2.75) is 19.0 Å². The van der Waals surface area contributed by atoms with Crippen LogP contribution >= 0.6 is 0 Å². The van der Waals surface area contributed by atoms with Crippen LogP contribution in [0, 0.1) is 5.82 Å². The fraction of sp³-hybridized carbons (Fsp3) is 0.385. The van der Waals surface area contributed by atoms with Crippen molar-refractivity contribution < 1.29 is 18.7 Å². The minimum absolute atomic E-state index is 0.0434. The molecule has 0 saturated carbocycles. The van der Waals surface area contributed by atoms with Crippen LogP contribution in [0.5, 0.6) is 0 Å². The van der Waals surface area contributed by atoms with Crippen molar-refractivity contribution in [3.05, 3.63) is 35.6 Å². The Morgan fingerprint density at radius 2 is 2.16 bits per heavy atom. The van der Waals surface area contributed by atoms with Crippen molar-refractivity contribution in [3.8, 4) is 0 Å². The highest BCUT2D eigenvalue weighted by Crippen LogP contribution is 2.20. The summed E-state index contributed by atoms with van der Waals surface area (Å²) in [7, 11) is 1.46. The highest BCUT2D eigenvalue weighted by Gasteiger charge is 2.47. The third-order valence-electron chi connectivity index (χ3n) is 3.01. The molecule has 3 amide bonds. The molecule has 6 heteroatoms. The summed E-state index contributed by atoms with van der Waals surface area (Å²) in [5.41, 5.74) is -0.496. The van der Waals surface area contributed by atoms with E-state index in [2.05, 4.69) is 5.32 Å². The Morgan fingerprint density at radius 3 is 2.79 bits per heavy atom. The van der Waals surface area contributed by atoms with E-state index in [0.717, 1.165) is 4.90 Å². The molecule has 19 heavy (non-hydrogen) atoms. The van der Waals surface area contributed by atoms with Gasteiger partial charge in [0.1, 0.15) is 11.4 Å². The van der Waals surface area contributed by atoms with E-state index >= 15 is 0 Å². The highest BCUT2D eigenvalue weighted by molar-refractivity contribution is 6.06. The van der Waals surface area contributed by atoms with Gasteiger partial charge >= 0.3 is 6.03 Å². The lowest BCUT2D eigenvalue weighted by Crippen LogP contribution is -2.47. The lowest BCUT2D eigenvalue weighted by atomic mass is 10.0. The average Bonchev–Trinajstić information content (AvgIpc) is 2.54. The first kappa shape index (κ1) is 13.5. The van der Waals surface area contributed by atoms with Gasteiger partial charge in [0.25, 0.3) is 5.91 Å². The number of carbonyl (C=O) groups excluding carboxylic acids is 2. The summed E-state index contributed by atoms with van der Waals surface area (Å²) < 4.78 is 18.0. The van der Waals surface area contributed by atoms with E-state index in [0.29, 0.717) is 5.56 Å². The van der Waals surface area contributed by atoms with E-state index in [1.807, 2.05) is 0 Å². The van der Waals surface area contributed by atoms with Crippen LogP contribution in [0.4, 0.5) is 9.18 Å². The molecule has 102 valence electrons. The van der Waals surface area contributed by atoms with Gasteiger partial charge < -0.3 is 10.1 Å². The lowest BCUT2D eigenvalue weighted by molar-refractivity contribution is -0.132. The molecular formula is C13H15FN2O3. The summed E-state index contributed by atoms with van der Waals surface area (Å²) in [5, 5.41) is 2.58. The second kappa shape index (κ2) is 4.97. The Kier molecular flexibility index (Phi) is 3.53. The Morgan fingerprint density at radius 1 is 1.42 bits per heavy atom. The minimum Gasteiger partial charge on any atom is -0.382 e. The number of hydrogen-bond acceptors (Lipinski definition) is 3. The first-order chi connectivity index (χ1) is 8.96. The molecule has 1 saturated heterocycles. The lowest BCUT2D eigenvalue weighted by Gasteiger charge is -2.20. The van der Waals surface area contributed by atoms with Gasteiger partial charge in [0, 0.05) is 7.11 Å². The molecule has 0 aromatic heterocycles. The number of rotatable bonds is 4. The third kappa shape index (κ3) is 2.58. The molecule has 1 heterocycles. The van der Waals surface area contributed by atoms with Crippen LogP contribution in [-0.4, -0.2) is 36.1 Å². The van der Waals surface area contributed by atoms with E-state index < -0.39 is 17.4 Å². The van der Waals surface area contributed by atoms with Crippen LogP contribution in [0.15, 0.2) is 24.3 Å². The summed E-state index contributed by atoms with van der Waals surface area (Å²) in [6.07, 6.45) is 0. The number of nitrogens with one attached hydrogen (secondary N) is 1. The molecule has 2 rings (SSSR count). The number of carbonyl (C=O) groups is 2. The molecular weight excluding hydrogens is 251 g/mol. The fourth-order valence-electron chi connectivity index (χ4n) is 2.10. The van der Waals surface area contributed by atoms with Crippen LogP contribution in [0.1, 0.15) is 12.5 Å². The molecule has 1 fully saturated rings. The summed E-state index contributed by atoms with van der Waals surface area (Å²) in [6, 6.07) is 5.32. The third-order valence-corrected chi connectivity index (χ3v) is 3.01. The minimum atomic E-state index is -1.06. The van der Waals surface area contributed by atoms with Gasteiger partial charge in [-0.2, -0.15) is 0 Å². The van der Waals surface area contributed by atoms with Crippen molar-refractivity contribution in [2.24, 2.45) is 0 Å². The summed E-state index contributed by atoms with van der Waals surface area (Å²) in [5.74, 6) is -0.771. The summed E-state index contributed by atoms with van der Waals surface area (Å²) >= 11 is 0. The number of halogens is 1. The number of methoxy groups -OCH3 is 1. The molecule has 1 aliphatic heterocycles. The second-order valence-corrected chi connectivity index (χ2v) is 4.72. The monoisotopic (exact) mass is 266 g/mol. The molecule has 0 bridgehead atoms. The fourth-order valence-corrected chi connectivity index (χ4v) is 2.10. The maximum atomic E-state index is 13.1. The molecule has 0 unspecified atom stereocenters. The Balaban J connectivity index is 2.17. The Hall–Kier alpha value is -1.95. The number of imide groups is 1. The van der Waals surface area contributed by atoms with E-state index in [9.17, 15) is 14.0 Å². The predicted molar refractivity (Wildman–Crippen MR) is 65.8 cm³/mol. The normalized spacial score (nSPS) is 22.8. The number of hydrogen-bond donors (Lipinski definition) is 1. The first-order valence-corrected chi connectivity index (χ1v) is 5.84. The van der Waals surface area contributed by atoms with Crippen LogP contribution in [0.25, 0.3) is 0 Å². The Labute approximate surface area is 110 Å². The highest BCUT2D eigenvalue weighted by atomic mass is 19.1. The van der Waals surface area contributed by atoms with Gasteiger partial charge in [-0.15, -0.1) is 0 Å². The van der Waals surface area contributed by atoms with Crippen LogP contribution < -0.4 is 5.32 Å². The molecule has 1 aromatic rings. The van der Waals surface area contributed by atoms with Crippen molar-refractivity contribution in [3.63, 3.8) is 0 Å². The molecule has 0 aliphatic carbocycles. The van der Waals surface area contributed by atoms with Crippen LogP contribution in [0.2, 0.25) is 0 Å². The van der Waals surface area contributed by atoms with Crippen molar-refractivity contribution >= 4 is 11.9 Å². The van der Waals surface area contributed by atoms with Crippen molar-refractivity contribution in [2.75, 3.05) is 13.7 Å². The zero-order valence-corrected chi connectivity index (χ0v) is 10.8. The summed E-state index contributed by atoms with van der Waals surface area (Å²) in [6.45, 7) is 1.74. The van der Waals surface area contributed by atoms with Gasteiger partial charge in [-0.3, -0.25) is 9.69 Å². The van der Waals surface area contributed by atoms with E-state index in [-0.39, 0.29) is 19.1 Å². The van der Waals surface area contributed by atoms with Gasteiger partial charge in [-0.25, -0.2) is 9.18 Å². The van der Waals surface area contributed by atoms with Gasteiger partial charge in [0.2, 0.25) is 0 Å². The zero-order valence-electron chi connectivity index (χ0n) is 10.8. The standard InChI is InChI=1S/C13H15FN2O3/c1-13(8-19-2)11(17)16(12(18)15-13)7-9-4-3-5-10(14)6-9/h3-6H,7-8H2,1-2H3,(H,15,18)/t13-/m0/s1. The number of benzene rings is 1. The molecule has 1 aromatic carbocycles. The largest absolute Gasteiger partial charge is 0.382 e. The van der Waals surface area contributed by atoms with Gasteiger partial charge in [-0.1, -0.05) is 12.1 Å².